The van der Waals surface area contributed by atoms with Crippen molar-refractivity contribution < 1.29 is 0 Å². The standard InChI is InChI=1S/C28H36ClN3/c1-6-9-11-21(4)31-14-16-32(17-15-31)22(5)24-12-13-26-27(29)20-25(30-28(26)19-24)18-23(8-3)10-7-2/h7-8,10,12-13,19-20H,4-6,9,11,14-18H2,1-3H3/b10-7-,23-8+. The summed E-state index contributed by atoms with van der Waals surface area (Å²) in [6.45, 7) is 18.9. The maximum atomic E-state index is 6.60. The molecule has 2 heterocycles. The number of aromatic nitrogens is 1. The van der Waals surface area contributed by atoms with Gasteiger partial charge < -0.3 is 9.80 Å². The first-order valence-electron chi connectivity index (χ1n) is 11.7. The first-order chi connectivity index (χ1) is 15.5. The number of hydrogen-bond donors (Lipinski definition) is 0. The van der Waals surface area contributed by atoms with Crippen molar-refractivity contribution >= 4 is 28.2 Å². The molecule has 3 rings (SSSR count). The fourth-order valence-electron chi connectivity index (χ4n) is 4.20. The molecule has 1 aromatic heterocycles. The number of hydrogen-bond acceptors (Lipinski definition) is 3. The molecule has 0 unspecified atom stereocenters. The highest BCUT2D eigenvalue weighted by Crippen LogP contribution is 2.29. The van der Waals surface area contributed by atoms with Crippen LogP contribution in [0, 0.1) is 0 Å². The number of pyridine rings is 1. The summed E-state index contributed by atoms with van der Waals surface area (Å²) in [5, 5.41) is 1.73. The summed E-state index contributed by atoms with van der Waals surface area (Å²) >= 11 is 6.60. The smallest absolute Gasteiger partial charge is 0.0727 e. The molecule has 0 saturated carbocycles. The van der Waals surface area contributed by atoms with E-state index >= 15 is 0 Å². The number of nitrogens with zero attached hydrogens (tertiary/aromatic N) is 3. The van der Waals surface area contributed by atoms with Gasteiger partial charge in [0.05, 0.1) is 10.5 Å². The quantitative estimate of drug-likeness (QED) is 0.376. The van der Waals surface area contributed by atoms with Crippen LogP contribution in [-0.4, -0.2) is 41.0 Å². The lowest BCUT2D eigenvalue weighted by Gasteiger charge is -2.39. The van der Waals surface area contributed by atoms with Crippen molar-refractivity contribution in [3.63, 3.8) is 0 Å². The lowest BCUT2D eigenvalue weighted by atomic mass is 10.0. The Balaban J connectivity index is 1.74. The van der Waals surface area contributed by atoms with Crippen LogP contribution < -0.4 is 0 Å². The Hall–Kier alpha value is -2.52. The van der Waals surface area contributed by atoms with Crippen LogP contribution in [0.15, 0.2) is 66.9 Å². The summed E-state index contributed by atoms with van der Waals surface area (Å²) in [5.74, 6) is 0. The highest BCUT2D eigenvalue weighted by molar-refractivity contribution is 6.35. The number of unbranched alkanes of at least 4 members (excludes halogenated alkanes) is 1. The molecule has 32 heavy (non-hydrogen) atoms. The van der Waals surface area contributed by atoms with Crippen LogP contribution in [0.2, 0.25) is 5.02 Å². The number of rotatable bonds is 9. The lowest BCUT2D eigenvalue weighted by molar-refractivity contribution is 0.209. The molecule has 0 amide bonds. The molecule has 170 valence electrons. The zero-order chi connectivity index (χ0) is 23.1. The zero-order valence-electron chi connectivity index (χ0n) is 19.8. The molecule has 1 fully saturated rings. The van der Waals surface area contributed by atoms with Crippen LogP contribution in [0.3, 0.4) is 0 Å². The molecule has 1 aliphatic rings. The van der Waals surface area contributed by atoms with Crippen molar-refractivity contribution in [2.75, 3.05) is 26.2 Å². The molecule has 0 radical (unpaired) electrons. The Labute approximate surface area is 198 Å². The van der Waals surface area contributed by atoms with Gasteiger partial charge in [0.2, 0.25) is 0 Å². The van der Waals surface area contributed by atoms with Crippen molar-refractivity contribution in [3.05, 3.63) is 83.2 Å². The van der Waals surface area contributed by atoms with Crippen LogP contribution in [0.4, 0.5) is 0 Å². The second-order valence-electron chi connectivity index (χ2n) is 8.46. The number of fused-ring (bicyclic) bond motifs is 1. The summed E-state index contributed by atoms with van der Waals surface area (Å²) in [7, 11) is 0. The van der Waals surface area contributed by atoms with E-state index in [1.54, 1.807) is 0 Å². The molecule has 0 spiro atoms. The number of benzene rings is 1. The van der Waals surface area contributed by atoms with Gasteiger partial charge in [-0.3, -0.25) is 4.98 Å². The predicted octanol–water partition coefficient (Wildman–Crippen LogP) is 7.25. The maximum Gasteiger partial charge on any atom is 0.0727 e. The van der Waals surface area contributed by atoms with Crippen molar-refractivity contribution in [2.45, 2.75) is 46.5 Å². The molecule has 0 aliphatic carbocycles. The summed E-state index contributed by atoms with van der Waals surface area (Å²) in [6.07, 6.45) is 10.6. The largest absolute Gasteiger partial charge is 0.372 e. The summed E-state index contributed by atoms with van der Waals surface area (Å²) in [5.41, 5.74) is 6.57. The Morgan fingerprint density at radius 1 is 1.09 bits per heavy atom. The zero-order valence-corrected chi connectivity index (χ0v) is 20.6. The van der Waals surface area contributed by atoms with Gasteiger partial charge in [-0.15, -0.1) is 0 Å². The molecule has 2 aromatic rings. The molecular formula is C28H36ClN3. The lowest BCUT2D eigenvalue weighted by Crippen LogP contribution is -2.44. The van der Waals surface area contributed by atoms with E-state index in [-0.39, 0.29) is 0 Å². The van der Waals surface area contributed by atoms with E-state index in [0.717, 1.165) is 71.9 Å². The molecule has 3 nitrogen and oxygen atoms in total. The Kier molecular flexibility index (Phi) is 8.58. The van der Waals surface area contributed by atoms with Gasteiger partial charge in [-0.05, 0) is 50.0 Å². The summed E-state index contributed by atoms with van der Waals surface area (Å²) in [4.78, 5) is 9.72. The van der Waals surface area contributed by atoms with Gasteiger partial charge in [-0.1, -0.05) is 68.5 Å². The highest BCUT2D eigenvalue weighted by atomic mass is 35.5. The van der Waals surface area contributed by atoms with Gasteiger partial charge in [-0.2, -0.15) is 0 Å². The Morgan fingerprint density at radius 3 is 2.47 bits per heavy atom. The van der Waals surface area contributed by atoms with E-state index in [2.05, 4.69) is 73.2 Å². The van der Waals surface area contributed by atoms with Crippen LogP contribution in [0.25, 0.3) is 16.6 Å². The van der Waals surface area contributed by atoms with Crippen LogP contribution in [0.1, 0.15) is 51.3 Å². The summed E-state index contributed by atoms with van der Waals surface area (Å²) < 4.78 is 0. The van der Waals surface area contributed by atoms with Gasteiger partial charge in [0.15, 0.2) is 0 Å². The van der Waals surface area contributed by atoms with Crippen LogP contribution >= 0.6 is 11.6 Å². The van der Waals surface area contributed by atoms with E-state index in [1.807, 2.05) is 13.0 Å². The second-order valence-corrected chi connectivity index (χ2v) is 8.87. The van der Waals surface area contributed by atoms with Gasteiger partial charge in [-0.25, -0.2) is 0 Å². The molecule has 1 aromatic carbocycles. The molecular weight excluding hydrogens is 414 g/mol. The van der Waals surface area contributed by atoms with E-state index in [1.165, 1.54) is 24.1 Å². The third kappa shape index (κ3) is 5.83. The minimum atomic E-state index is 0.747. The predicted molar refractivity (Wildman–Crippen MR) is 140 cm³/mol. The Morgan fingerprint density at radius 2 is 1.81 bits per heavy atom. The number of allylic oxidation sites excluding steroid dienone is 5. The Bertz CT molecular complexity index is 1030. The number of halogens is 1. The average Bonchev–Trinajstić information content (AvgIpc) is 2.81. The minimum Gasteiger partial charge on any atom is -0.372 e. The first-order valence-corrected chi connectivity index (χ1v) is 12.1. The first kappa shape index (κ1) is 24.1. The highest BCUT2D eigenvalue weighted by Gasteiger charge is 2.20. The van der Waals surface area contributed by atoms with Gasteiger partial charge in [0.1, 0.15) is 0 Å². The van der Waals surface area contributed by atoms with Gasteiger partial charge >= 0.3 is 0 Å². The van der Waals surface area contributed by atoms with E-state index in [9.17, 15) is 0 Å². The molecule has 1 saturated heterocycles. The molecule has 1 aliphatic heterocycles. The van der Waals surface area contributed by atoms with E-state index in [4.69, 9.17) is 16.6 Å². The van der Waals surface area contributed by atoms with Crippen LogP contribution in [-0.2, 0) is 6.42 Å². The van der Waals surface area contributed by atoms with Gasteiger partial charge in [0.25, 0.3) is 0 Å². The molecule has 0 N–H and O–H groups in total. The topological polar surface area (TPSA) is 19.4 Å². The van der Waals surface area contributed by atoms with Crippen molar-refractivity contribution in [1.82, 2.24) is 14.8 Å². The maximum absolute atomic E-state index is 6.60. The van der Waals surface area contributed by atoms with E-state index in [0.29, 0.717) is 0 Å². The van der Waals surface area contributed by atoms with Gasteiger partial charge in [0, 0.05) is 55.1 Å². The van der Waals surface area contributed by atoms with Crippen molar-refractivity contribution in [1.29, 1.82) is 0 Å². The van der Waals surface area contributed by atoms with Crippen molar-refractivity contribution in [3.8, 4) is 0 Å². The molecule has 4 heteroatoms. The average molecular weight is 450 g/mol. The van der Waals surface area contributed by atoms with E-state index < -0.39 is 0 Å². The monoisotopic (exact) mass is 449 g/mol. The second kappa shape index (κ2) is 11.4. The third-order valence-corrected chi connectivity index (χ3v) is 6.52. The fourth-order valence-corrected chi connectivity index (χ4v) is 4.49. The molecule has 0 bridgehead atoms. The molecule has 0 atom stereocenters. The third-order valence-electron chi connectivity index (χ3n) is 6.21. The fraction of sp³-hybridized carbons (Fsp3) is 0.393. The van der Waals surface area contributed by atoms with Crippen LogP contribution in [0.5, 0.6) is 0 Å². The summed E-state index contributed by atoms with van der Waals surface area (Å²) in [6, 6.07) is 8.29. The SMILES string of the molecule is C=C(CCCC)N1CCN(C(=C)c2ccc3c(Cl)cc(CC(/C=C\C)=C/C)nc3c2)CC1. The number of piperazine rings is 1. The normalized spacial score (nSPS) is 15.1. The van der Waals surface area contributed by atoms with Crippen molar-refractivity contribution in [2.24, 2.45) is 0 Å². The minimum absolute atomic E-state index is 0.747.